The average Bonchev–Trinajstić information content (AvgIpc) is 2.46. The second-order valence-corrected chi connectivity index (χ2v) is 6.44. The second kappa shape index (κ2) is 8.32. The second-order valence-electron chi connectivity index (χ2n) is 6.44. The fraction of sp³-hybridized carbons (Fsp3) is 0.765. The summed E-state index contributed by atoms with van der Waals surface area (Å²) in [4.78, 5) is 11.7. The highest BCUT2D eigenvalue weighted by atomic mass is 15.2. The van der Waals surface area contributed by atoms with Crippen LogP contribution in [0.5, 0.6) is 0 Å². The number of rotatable bonds is 8. The summed E-state index contributed by atoms with van der Waals surface area (Å²) in [7, 11) is 0. The molecule has 0 aromatic carbocycles. The van der Waals surface area contributed by atoms with Gasteiger partial charge in [-0.05, 0) is 18.8 Å². The Morgan fingerprint density at radius 3 is 2.19 bits per heavy atom. The zero-order chi connectivity index (χ0) is 16.0. The molecule has 0 aliphatic heterocycles. The largest absolute Gasteiger partial charge is 0.366 e. The van der Waals surface area contributed by atoms with Gasteiger partial charge in [0.2, 0.25) is 0 Å². The van der Waals surface area contributed by atoms with Gasteiger partial charge in [-0.3, -0.25) is 0 Å². The standard InChI is InChI=1S/C17H32N4/c1-7-14(8-2)21(11-12(3)4)16-10-19-17(13(5)6)20-15(16)9-18/h10,12-14H,7-9,11,18H2,1-6H3. The van der Waals surface area contributed by atoms with Crippen molar-refractivity contribution in [3.63, 3.8) is 0 Å². The van der Waals surface area contributed by atoms with Crippen molar-refractivity contribution >= 4 is 5.69 Å². The zero-order valence-corrected chi connectivity index (χ0v) is 14.6. The van der Waals surface area contributed by atoms with Crippen LogP contribution in [0.3, 0.4) is 0 Å². The third kappa shape index (κ3) is 4.67. The Kier molecular flexibility index (Phi) is 7.09. The zero-order valence-electron chi connectivity index (χ0n) is 14.6. The van der Waals surface area contributed by atoms with E-state index in [4.69, 9.17) is 10.7 Å². The molecule has 1 aromatic rings. The van der Waals surface area contributed by atoms with Crippen LogP contribution in [0.4, 0.5) is 5.69 Å². The molecule has 0 fully saturated rings. The van der Waals surface area contributed by atoms with E-state index in [1.807, 2.05) is 6.20 Å². The van der Waals surface area contributed by atoms with Crippen molar-refractivity contribution in [2.24, 2.45) is 11.7 Å². The molecule has 0 spiro atoms. The minimum atomic E-state index is 0.330. The monoisotopic (exact) mass is 292 g/mol. The van der Waals surface area contributed by atoms with E-state index in [1.165, 1.54) is 0 Å². The molecule has 2 N–H and O–H groups in total. The van der Waals surface area contributed by atoms with Gasteiger partial charge in [0.05, 0.1) is 17.6 Å². The maximum atomic E-state index is 5.95. The Bertz CT molecular complexity index is 425. The predicted molar refractivity (Wildman–Crippen MR) is 90.6 cm³/mol. The van der Waals surface area contributed by atoms with Gasteiger partial charge < -0.3 is 10.6 Å². The highest BCUT2D eigenvalue weighted by Gasteiger charge is 2.21. The van der Waals surface area contributed by atoms with Crippen LogP contribution in [0.1, 0.15) is 71.8 Å². The summed E-state index contributed by atoms with van der Waals surface area (Å²) in [5.74, 6) is 1.81. The third-order valence-electron chi connectivity index (χ3n) is 3.83. The number of aromatic nitrogens is 2. The van der Waals surface area contributed by atoms with Gasteiger partial charge in [0.15, 0.2) is 0 Å². The number of hydrogen-bond acceptors (Lipinski definition) is 4. The normalized spacial score (nSPS) is 11.7. The first-order chi connectivity index (χ1) is 9.94. The van der Waals surface area contributed by atoms with Gasteiger partial charge in [0.25, 0.3) is 0 Å². The highest BCUT2D eigenvalue weighted by Crippen LogP contribution is 2.25. The highest BCUT2D eigenvalue weighted by molar-refractivity contribution is 5.50. The van der Waals surface area contributed by atoms with Crippen LogP contribution < -0.4 is 10.6 Å². The molecule has 120 valence electrons. The molecule has 0 amide bonds. The molecule has 4 nitrogen and oxygen atoms in total. The number of nitrogens with zero attached hydrogens (tertiary/aromatic N) is 3. The molecule has 1 aromatic heterocycles. The first-order valence-electron chi connectivity index (χ1n) is 8.26. The Morgan fingerprint density at radius 2 is 1.76 bits per heavy atom. The van der Waals surface area contributed by atoms with E-state index in [-0.39, 0.29) is 0 Å². The van der Waals surface area contributed by atoms with Gasteiger partial charge in [-0.1, -0.05) is 41.5 Å². The fourth-order valence-electron chi connectivity index (χ4n) is 2.66. The number of hydrogen-bond donors (Lipinski definition) is 1. The molecule has 0 bridgehead atoms. The Labute approximate surface area is 130 Å². The van der Waals surface area contributed by atoms with E-state index in [0.717, 1.165) is 36.6 Å². The molecular weight excluding hydrogens is 260 g/mol. The van der Waals surface area contributed by atoms with E-state index in [1.54, 1.807) is 0 Å². The van der Waals surface area contributed by atoms with Crippen molar-refractivity contribution in [2.45, 2.75) is 72.9 Å². The van der Waals surface area contributed by atoms with E-state index in [0.29, 0.717) is 24.4 Å². The maximum Gasteiger partial charge on any atom is 0.131 e. The summed E-state index contributed by atoms with van der Waals surface area (Å²) >= 11 is 0. The van der Waals surface area contributed by atoms with E-state index in [2.05, 4.69) is 51.4 Å². The van der Waals surface area contributed by atoms with Crippen molar-refractivity contribution in [3.8, 4) is 0 Å². The lowest BCUT2D eigenvalue weighted by Crippen LogP contribution is -2.38. The molecule has 4 heteroatoms. The lowest BCUT2D eigenvalue weighted by atomic mass is 10.1. The Balaban J connectivity index is 3.22. The minimum absolute atomic E-state index is 0.330. The summed E-state index contributed by atoms with van der Waals surface area (Å²) in [6.45, 7) is 14.7. The molecule has 0 aliphatic carbocycles. The SMILES string of the molecule is CCC(CC)N(CC(C)C)c1cnc(C(C)C)nc1CN. The molecular formula is C17H32N4. The van der Waals surface area contributed by atoms with Crippen LogP contribution in [0.2, 0.25) is 0 Å². The maximum absolute atomic E-state index is 5.95. The van der Waals surface area contributed by atoms with Crippen LogP contribution in [0, 0.1) is 5.92 Å². The molecule has 0 radical (unpaired) electrons. The summed E-state index contributed by atoms with van der Waals surface area (Å²) in [5.41, 5.74) is 8.04. The molecule has 1 rings (SSSR count). The van der Waals surface area contributed by atoms with Crippen LogP contribution in [-0.2, 0) is 6.54 Å². The van der Waals surface area contributed by atoms with Crippen molar-refractivity contribution in [3.05, 3.63) is 17.7 Å². The smallest absolute Gasteiger partial charge is 0.131 e. The molecule has 0 saturated heterocycles. The first-order valence-corrected chi connectivity index (χ1v) is 8.26. The summed E-state index contributed by atoms with van der Waals surface area (Å²) in [6.07, 6.45) is 4.23. The van der Waals surface area contributed by atoms with Crippen LogP contribution >= 0.6 is 0 Å². The molecule has 0 unspecified atom stereocenters. The van der Waals surface area contributed by atoms with Gasteiger partial charge in [0.1, 0.15) is 5.82 Å². The van der Waals surface area contributed by atoms with Gasteiger partial charge in [-0.15, -0.1) is 0 Å². The predicted octanol–water partition coefficient (Wildman–Crippen LogP) is 3.71. The van der Waals surface area contributed by atoms with Gasteiger partial charge in [-0.2, -0.15) is 0 Å². The van der Waals surface area contributed by atoms with Crippen molar-refractivity contribution in [1.82, 2.24) is 9.97 Å². The topological polar surface area (TPSA) is 55.0 Å². The lowest BCUT2D eigenvalue weighted by molar-refractivity contribution is 0.504. The van der Waals surface area contributed by atoms with Gasteiger partial charge in [-0.25, -0.2) is 9.97 Å². The van der Waals surface area contributed by atoms with E-state index < -0.39 is 0 Å². The first kappa shape index (κ1) is 17.9. The Morgan fingerprint density at radius 1 is 1.14 bits per heavy atom. The van der Waals surface area contributed by atoms with Crippen LogP contribution in [-0.4, -0.2) is 22.6 Å². The summed E-state index contributed by atoms with van der Waals surface area (Å²) < 4.78 is 0. The number of anilines is 1. The Hall–Kier alpha value is -1.16. The van der Waals surface area contributed by atoms with E-state index >= 15 is 0 Å². The number of nitrogens with two attached hydrogens (primary N) is 1. The summed E-state index contributed by atoms with van der Waals surface area (Å²) in [6, 6.07) is 0.520. The molecule has 21 heavy (non-hydrogen) atoms. The molecule has 0 atom stereocenters. The van der Waals surface area contributed by atoms with Crippen molar-refractivity contribution in [2.75, 3.05) is 11.4 Å². The van der Waals surface area contributed by atoms with E-state index in [9.17, 15) is 0 Å². The average molecular weight is 292 g/mol. The van der Waals surface area contributed by atoms with Crippen LogP contribution in [0.15, 0.2) is 6.20 Å². The van der Waals surface area contributed by atoms with Crippen molar-refractivity contribution < 1.29 is 0 Å². The van der Waals surface area contributed by atoms with Gasteiger partial charge >= 0.3 is 0 Å². The fourth-order valence-corrected chi connectivity index (χ4v) is 2.66. The molecule has 0 saturated carbocycles. The van der Waals surface area contributed by atoms with Crippen molar-refractivity contribution in [1.29, 1.82) is 0 Å². The van der Waals surface area contributed by atoms with Crippen LogP contribution in [0.25, 0.3) is 0 Å². The quantitative estimate of drug-likeness (QED) is 0.793. The lowest BCUT2D eigenvalue weighted by Gasteiger charge is -2.35. The van der Waals surface area contributed by atoms with Gasteiger partial charge in [0, 0.05) is 25.0 Å². The minimum Gasteiger partial charge on any atom is -0.366 e. The summed E-state index contributed by atoms with van der Waals surface area (Å²) in [5, 5.41) is 0. The third-order valence-corrected chi connectivity index (χ3v) is 3.83. The molecule has 1 heterocycles. The molecule has 0 aliphatic rings.